The monoisotopic (exact) mass is 334 g/mol. The number of benzene rings is 2. The maximum Gasteiger partial charge on any atom is 0.226 e. The quantitative estimate of drug-likeness (QED) is 0.759. The first-order valence-corrected chi connectivity index (χ1v) is 7.27. The summed E-state index contributed by atoms with van der Waals surface area (Å²) >= 11 is 12.2. The first kappa shape index (κ1) is 14.7. The molecule has 1 heterocycles. The molecule has 0 spiro atoms. The fourth-order valence-corrected chi connectivity index (χ4v) is 2.40. The lowest BCUT2D eigenvalue weighted by Gasteiger charge is -2.11. The standard InChI is InChI=1S/C15H12Cl2N4O/c16-11-5-3-6-12(14(11)17)21-15(19-9-20-21)18-8-10-4-1-2-7-13(10)22/h1-7,9,22H,8H2,(H,18,19,20). The van der Waals surface area contributed by atoms with E-state index >= 15 is 0 Å². The minimum absolute atomic E-state index is 0.224. The predicted octanol–water partition coefficient (Wildman–Crippen LogP) is 3.89. The van der Waals surface area contributed by atoms with Crippen molar-refractivity contribution in [3.63, 3.8) is 0 Å². The van der Waals surface area contributed by atoms with E-state index in [-0.39, 0.29) is 5.75 Å². The maximum absolute atomic E-state index is 9.78. The zero-order chi connectivity index (χ0) is 15.5. The first-order valence-electron chi connectivity index (χ1n) is 6.52. The molecule has 0 atom stereocenters. The first-order chi connectivity index (χ1) is 10.7. The molecule has 3 rings (SSSR count). The zero-order valence-electron chi connectivity index (χ0n) is 11.4. The highest BCUT2D eigenvalue weighted by Gasteiger charge is 2.12. The highest BCUT2D eigenvalue weighted by molar-refractivity contribution is 6.43. The maximum atomic E-state index is 9.78. The van der Waals surface area contributed by atoms with Crippen molar-refractivity contribution in [3.05, 3.63) is 64.4 Å². The molecule has 0 bridgehead atoms. The van der Waals surface area contributed by atoms with Crippen molar-refractivity contribution in [2.45, 2.75) is 6.54 Å². The van der Waals surface area contributed by atoms with Crippen LogP contribution in [0.5, 0.6) is 5.75 Å². The molecule has 1 aromatic heterocycles. The summed E-state index contributed by atoms with van der Waals surface area (Å²) in [6.45, 7) is 0.406. The van der Waals surface area contributed by atoms with Gasteiger partial charge >= 0.3 is 0 Å². The van der Waals surface area contributed by atoms with Gasteiger partial charge in [-0.05, 0) is 18.2 Å². The van der Waals surface area contributed by atoms with E-state index in [0.717, 1.165) is 5.56 Å². The van der Waals surface area contributed by atoms with E-state index in [4.69, 9.17) is 23.2 Å². The van der Waals surface area contributed by atoms with Crippen molar-refractivity contribution in [2.24, 2.45) is 0 Å². The Bertz CT molecular complexity index is 804. The van der Waals surface area contributed by atoms with Crippen molar-refractivity contribution < 1.29 is 5.11 Å². The number of hydrogen-bond donors (Lipinski definition) is 2. The minimum atomic E-state index is 0.224. The van der Waals surface area contributed by atoms with Crippen molar-refractivity contribution in [3.8, 4) is 11.4 Å². The van der Waals surface area contributed by atoms with Crippen LogP contribution >= 0.6 is 23.2 Å². The molecule has 0 aliphatic carbocycles. The number of anilines is 1. The predicted molar refractivity (Wildman–Crippen MR) is 86.8 cm³/mol. The summed E-state index contributed by atoms with van der Waals surface area (Å²) in [5.74, 6) is 0.731. The van der Waals surface area contributed by atoms with Gasteiger partial charge in [-0.25, -0.2) is 0 Å². The Morgan fingerprint density at radius 2 is 1.91 bits per heavy atom. The third-order valence-corrected chi connectivity index (χ3v) is 3.94. The van der Waals surface area contributed by atoms with Gasteiger partial charge in [0.25, 0.3) is 0 Å². The number of nitrogens with zero attached hydrogens (tertiary/aromatic N) is 3. The van der Waals surface area contributed by atoms with Crippen LogP contribution in [0.2, 0.25) is 10.0 Å². The number of nitrogens with one attached hydrogen (secondary N) is 1. The lowest BCUT2D eigenvalue weighted by Crippen LogP contribution is -2.08. The fourth-order valence-electron chi connectivity index (χ4n) is 2.03. The molecular formula is C15H12Cl2N4O. The van der Waals surface area contributed by atoms with E-state index in [1.165, 1.54) is 6.33 Å². The Morgan fingerprint density at radius 1 is 1.09 bits per heavy atom. The smallest absolute Gasteiger partial charge is 0.226 e. The van der Waals surface area contributed by atoms with Crippen LogP contribution in [0.15, 0.2) is 48.8 Å². The molecule has 2 aromatic carbocycles. The molecule has 112 valence electrons. The van der Waals surface area contributed by atoms with Crippen LogP contribution < -0.4 is 5.32 Å². The minimum Gasteiger partial charge on any atom is -0.508 e. The molecule has 0 fully saturated rings. The van der Waals surface area contributed by atoms with Gasteiger partial charge in [0, 0.05) is 12.1 Å². The molecule has 0 saturated carbocycles. The van der Waals surface area contributed by atoms with Crippen LogP contribution in [0.25, 0.3) is 5.69 Å². The second-order valence-electron chi connectivity index (χ2n) is 4.55. The van der Waals surface area contributed by atoms with Crippen LogP contribution in [0.3, 0.4) is 0 Å². The number of phenolic OH excluding ortho intramolecular Hbond substituents is 1. The van der Waals surface area contributed by atoms with Gasteiger partial charge in [0.2, 0.25) is 5.95 Å². The van der Waals surface area contributed by atoms with Crippen LogP contribution in [-0.4, -0.2) is 19.9 Å². The van der Waals surface area contributed by atoms with E-state index in [1.54, 1.807) is 35.0 Å². The number of phenols is 1. The van der Waals surface area contributed by atoms with Gasteiger partial charge in [-0.3, -0.25) is 0 Å². The van der Waals surface area contributed by atoms with Gasteiger partial charge in [0.15, 0.2) is 0 Å². The molecule has 0 saturated heterocycles. The average Bonchev–Trinajstić information content (AvgIpc) is 2.97. The topological polar surface area (TPSA) is 63.0 Å². The number of halogens is 2. The van der Waals surface area contributed by atoms with Gasteiger partial charge < -0.3 is 10.4 Å². The summed E-state index contributed by atoms with van der Waals surface area (Å²) < 4.78 is 1.56. The van der Waals surface area contributed by atoms with E-state index in [9.17, 15) is 5.11 Å². The molecule has 3 aromatic rings. The summed E-state index contributed by atoms with van der Waals surface area (Å²) in [4.78, 5) is 4.17. The molecule has 0 unspecified atom stereocenters. The van der Waals surface area contributed by atoms with Crippen molar-refractivity contribution in [1.82, 2.24) is 14.8 Å². The molecule has 7 heteroatoms. The summed E-state index contributed by atoms with van der Waals surface area (Å²) in [6.07, 6.45) is 1.42. The Morgan fingerprint density at radius 3 is 2.73 bits per heavy atom. The van der Waals surface area contributed by atoms with Crippen LogP contribution in [0.4, 0.5) is 5.95 Å². The number of aromatic hydroxyl groups is 1. The van der Waals surface area contributed by atoms with Crippen LogP contribution in [0, 0.1) is 0 Å². The molecule has 0 aliphatic rings. The normalized spacial score (nSPS) is 10.6. The summed E-state index contributed by atoms with van der Waals surface area (Å²) in [6, 6.07) is 12.4. The van der Waals surface area contributed by atoms with E-state index in [2.05, 4.69) is 15.4 Å². The zero-order valence-corrected chi connectivity index (χ0v) is 12.9. The Balaban J connectivity index is 1.87. The Hall–Kier alpha value is -2.24. The highest BCUT2D eigenvalue weighted by atomic mass is 35.5. The lowest BCUT2D eigenvalue weighted by molar-refractivity contribution is 0.469. The number of rotatable bonds is 4. The van der Waals surface area contributed by atoms with Gasteiger partial charge in [-0.1, -0.05) is 47.5 Å². The third kappa shape index (κ3) is 2.86. The fraction of sp³-hybridized carbons (Fsp3) is 0.0667. The Labute approximate surface area is 137 Å². The van der Waals surface area contributed by atoms with Crippen LogP contribution in [-0.2, 0) is 6.54 Å². The molecule has 0 aliphatic heterocycles. The summed E-state index contributed by atoms with van der Waals surface area (Å²) in [5.41, 5.74) is 1.39. The van der Waals surface area contributed by atoms with E-state index in [0.29, 0.717) is 28.2 Å². The van der Waals surface area contributed by atoms with Crippen molar-refractivity contribution in [2.75, 3.05) is 5.32 Å². The van der Waals surface area contributed by atoms with Gasteiger partial charge in [0.05, 0.1) is 15.7 Å². The number of para-hydroxylation sites is 1. The molecule has 5 nitrogen and oxygen atoms in total. The molecule has 0 amide bonds. The third-order valence-electron chi connectivity index (χ3n) is 3.14. The molecule has 2 N–H and O–H groups in total. The summed E-state index contributed by atoms with van der Waals surface area (Å²) in [5, 5.41) is 17.9. The SMILES string of the molecule is Oc1ccccc1CNc1ncnn1-c1cccc(Cl)c1Cl. The largest absolute Gasteiger partial charge is 0.508 e. The summed E-state index contributed by atoms with van der Waals surface area (Å²) in [7, 11) is 0. The highest BCUT2D eigenvalue weighted by Crippen LogP contribution is 2.29. The van der Waals surface area contributed by atoms with Gasteiger partial charge in [-0.15, -0.1) is 0 Å². The number of hydrogen-bond acceptors (Lipinski definition) is 4. The van der Waals surface area contributed by atoms with E-state index in [1.807, 2.05) is 12.1 Å². The molecule has 22 heavy (non-hydrogen) atoms. The second kappa shape index (κ2) is 6.25. The van der Waals surface area contributed by atoms with E-state index < -0.39 is 0 Å². The van der Waals surface area contributed by atoms with Gasteiger partial charge in [0.1, 0.15) is 12.1 Å². The van der Waals surface area contributed by atoms with Gasteiger partial charge in [-0.2, -0.15) is 14.8 Å². The van der Waals surface area contributed by atoms with Crippen molar-refractivity contribution in [1.29, 1.82) is 0 Å². The van der Waals surface area contributed by atoms with Crippen LogP contribution in [0.1, 0.15) is 5.56 Å². The second-order valence-corrected chi connectivity index (χ2v) is 5.34. The molecular weight excluding hydrogens is 323 g/mol. The number of aromatic nitrogens is 3. The van der Waals surface area contributed by atoms with Crippen molar-refractivity contribution >= 4 is 29.2 Å². The Kier molecular flexibility index (Phi) is 4.18. The lowest BCUT2D eigenvalue weighted by atomic mass is 10.2. The average molecular weight is 335 g/mol. The molecule has 0 radical (unpaired) electrons.